The fourth-order valence-corrected chi connectivity index (χ4v) is 1.89. The maximum Gasteiger partial charge on any atom is 0.573 e. The number of hydrogen-bond donors (Lipinski definition) is 1. The minimum absolute atomic E-state index is 0.0702. The number of halogens is 6. The molecule has 1 atom stereocenters. The number of carbonyl (C=O) groups excluding carboxylic acids is 2. The van der Waals surface area contributed by atoms with Crippen molar-refractivity contribution in [1.29, 1.82) is 0 Å². The van der Waals surface area contributed by atoms with Crippen molar-refractivity contribution >= 4 is 11.9 Å². The minimum Gasteiger partial charge on any atom is -0.439 e. The average Bonchev–Trinajstić information content (AvgIpc) is 2.99. The monoisotopic (exact) mass is 397 g/mol. The Morgan fingerprint density at radius 1 is 1.15 bits per heavy atom. The van der Waals surface area contributed by atoms with Gasteiger partial charge in [0.05, 0.1) is 12.0 Å². The lowest BCUT2D eigenvalue weighted by molar-refractivity contribution is -0.274. The number of nitrogens with zero attached hydrogens (tertiary/aromatic N) is 2. The van der Waals surface area contributed by atoms with Crippen molar-refractivity contribution < 1.29 is 45.4 Å². The first-order valence-electron chi connectivity index (χ1n) is 6.84. The van der Waals surface area contributed by atoms with Gasteiger partial charge < -0.3 is 19.8 Å². The molecule has 0 saturated heterocycles. The van der Waals surface area contributed by atoms with E-state index >= 15 is 0 Å². The summed E-state index contributed by atoms with van der Waals surface area (Å²) < 4.78 is 82.4. The number of benzene rings is 1. The molecule has 0 saturated carbocycles. The Kier molecular flexibility index (Phi) is 5.33. The topological polar surface area (TPSA) is 96.4 Å². The Morgan fingerprint density at radius 3 is 2.37 bits per heavy atom. The number of aromatic nitrogens is 2. The first-order chi connectivity index (χ1) is 12.4. The molecule has 7 nitrogen and oxygen atoms in total. The molecule has 27 heavy (non-hydrogen) atoms. The van der Waals surface area contributed by atoms with Crippen LogP contribution in [-0.4, -0.2) is 34.0 Å². The van der Waals surface area contributed by atoms with Gasteiger partial charge in [0.15, 0.2) is 0 Å². The van der Waals surface area contributed by atoms with Crippen molar-refractivity contribution in [2.24, 2.45) is 5.73 Å². The van der Waals surface area contributed by atoms with Gasteiger partial charge in [-0.05, 0) is 12.1 Å². The van der Waals surface area contributed by atoms with E-state index in [-0.39, 0.29) is 5.69 Å². The molecule has 1 aromatic carbocycles. The van der Waals surface area contributed by atoms with E-state index in [9.17, 15) is 35.9 Å². The van der Waals surface area contributed by atoms with Crippen molar-refractivity contribution in [2.75, 3.05) is 0 Å². The standard InChI is InChI=1S/C14H9F6N3O4/c15-13(16,17)12(25)26-10(11(21)24)9-5-23(6-22-9)7-2-1-3-8(4-7)27-14(18,19)20/h1-6,10H,(H2,21,24). The molecule has 146 valence electrons. The Hall–Kier alpha value is -3.25. The molecule has 1 heterocycles. The maximum atomic E-state index is 12.3. The highest BCUT2D eigenvalue weighted by molar-refractivity contribution is 5.84. The molecule has 0 radical (unpaired) electrons. The fourth-order valence-electron chi connectivity index (χ4n) is 1.89. The normalized spacial score (nSPS) is 13.1. The van der Waals surface area contributed by atoms with E-state index in [0.717, 1.165) is 29.2 Å². The Balaban J connectivity index is 2.27. The predicted molar refractivity (Wildman–Crippen MR) is 74.3 cm³/mol. The summed E-state index contributed by atoms with van der Waals surface area (Å²) in [6, 6.07) is 4.52. The van der Waals surface area contributed by atoms with Crippen molar-refractivity contribution in [3.05, 3.63) is 42.5 Å². The molecule has 0 aliphatic carbocycles. The van der Waals surface area contributed by atoms with Gasteiger partial charge in [0.1, 0.15) is 11.4 Å². The molecule has 13 heteroatoms. The number of esters is 1. The number of rotatable bonds is 5. The molecule has 1 amide bonds. The lowest BCUT2D eigenvalue weighted by Gasteiger charge is -2.13. The number of hydrogen-bond acceptors (Lipinski definition) is 5. The summed E-state index contributed by atoms with van der Waals surface area (Å²) in [7, 11) is 0. The molecule has 2 rings (SSSR count). The third-order valence-electron chi connectivity index (χ3n) is 2.94. The zero-order chi connectivity index (χ0) is 20.4. The molecular weight excluding hydrogens is 388 g/mol. The van der Waals surface area contributed by atoms with E-state index in [1.54, 1.807) is 0 Å². The fraction of sp³-hybridized carbons (Fsp3) is 0.214. The van der Waals surface area contributed by atoms with Gasteiger partial charge in [0.25, 0.3) is 5.91 Å². The maximum absolute atomic E-state index is 12.3. The van der Waals surface area contributed by atoms with Crippen LogP contribution in [0, 0.1) is 0 Å². The van der Waals surface area contributed by atoms with Crippen LogP contribution in [0.4, 0.5) is 26.3 Å². The van der Waals surface area contributed by atoms with Crippen LogP contribution in [0.3, 0.4) is 0 Å². The van der Waals surface area contributed by atoms with Crippen LogP contribution in [0.25, 0.3) is 5.69 Å². The lowest BCUT2D eigenvalue weighted by atomic mass is 10.2. The highest BCUT2D eigenvalue weighted by Gasteiger charge is 2.43. The van der Waals surface area contributed by atoms with Crippen LogP contribution >= 0.6 is 0 Å². The zero-order valence-corrected chi connectivity index (χ0v) is 12.9. The first-order valence-corrected chi connectivity index (χ1v) is 6.84. The van der Waals surface area contributed by atoms with E-state index in [0.29, 0.717) is 0 Å². The van der Waals surface area contributed by atoms with E-state index < -0.39 is 42.0 Å². The zero-order valence-electron chi connectivity index (χ0n) is 12.9. The molecule has 0 spiro atoms. The van der Waals surface area contributed by atoms with Crippen molar-refractivity contribution in [3.8, 4) is 11.4 Å². The summed E-state index contributed by atoms with van der Waals surface area (Å²) >= 11 is 0. The molecule has 2 N–H and O–H groups in total. The Labute approximate surface area is 146 Å². The number of nitrogens with two attached hydrogens (primary N) is 1. The Bertz CT molecular complexity index is 846. The van der Waals surface area contributed by atoms with Crippen LogP contribution in [0.15, 0.2) is 36.8 Å². The van der Waals surface area contributed by atoms with Gasteiger partial charge in [-0.15, -0.1) is 13.2 Å². The molecule has 0 fully saturated rings. The predicted octanol–water partition coefficient (Wildman–Crippen LogP) is 2.40. The highest BCUT2D eigenvalue weighted by Crippen LogP contribution is 2.26. The number of imidazole rings is 1. The molecule has 1 aromatic heterocycles. The second kappa shape index (κ2) is 7.17. The molecular formula is C14H9F6N3O4. The SMILES string of the molecule is NC(=O)C(OC(=O)C(F)(F)F)c1cn(-c2cccc(OC(F)(F)F)c2)cn1. The van der Waals surface area contributed by atoms with Crippen LogP contribution in [0.1, 0.15) is 11.8 Å². The van der Waals surface area contributed by atoms with Crippen LogP contribution in [-0.2, 0) is 14.3 Å². The van der Waals surface area contributed by atoms with E-state index in [1.807, 2.05) is 0 Å². The lowest BCUT2D eigenvalue weighted by Crippen LogP contribution is -2.32. The summed E-state index contributed by atoms with van der Waals surface area (Å²) in [4.78, 5) is 25.8. The third-order valence-corrected chi connectivity index (χ3v) is 2.94. The van der Waals surface area contributed by atoms with Gasteiger partial charge >= 0.3 is 18.5 Å². The molecule has 0 bridgehead atoms. The van der Waals surface area contributed by atoms with E-state index in [2.05, 4.69) is 14.5 Å². The smallest absolute Gasteiger partial charge is 0.439 e. The average molecular weight is 397 g/mol. The minimum atomic E-state index is -5.36. The van der Waals surface area contributed by atoms with Crippen molar-refractivity contribution in [3.63, 3.8) is 0 Å². The van der Waals surface area contributed by atoms with E-state index in [4.69, 9.17) is 5.73 Å². The second-order valence-corrected chi connectivity index (χ2v) is 4.94. The molecule has 1 unspecified atom stereocenters. The highest BCUT2D eigenvalue weighted by atomic mass is 19.4. The molecule has 0 aliphatic heterocycles. The summed E-state index contributed by atoms with van der Waals surface area (Å²) in [6.07, 6.45) is -10.5. The second-order valence-electron chi connectivity index (χ2n) is 4.94. The number of carbonyl (C=O) groups is 2. The van der Waals surface area contributed by atoms with Gasteiger partial charge in [-0.3, -0.25) is 4.79 Å². The number of alkyl halides is 6. The van der Waals surface area contributed by atoms with Crippen LogP contribution < -0.4 is 10.5 Å². The summed E-state index contributed by atoms with van der Waals surface area (Å²) in [5.74, 6) is -4.64. The van der Waals surface area contributed by atoms with Crippen molar-refractivity contribution in [2.45, 2.75) is 18.6 Å². The van der Waals surface area contributed by atoms with Gasteiger partial charge in [0.2, 0.25) is 6.10 Å². The van der Waals surface area contributed by atoms with Crippen molar-refractivity contribution in [1.82, 2.24) is 9.55 Å². The van der Waals surface area contributed by atoms with Gasteiger partial charge in [-0.25, -0.2) is 9.78 Å². The summed E-state index contributed by atoms with van der Waals surface area (Å²) in [6.45, 7) is 0. The van der Waals surface area contributed by atoms with Gasteiger partial charge in [-0.2, -0.15) is 13.2 Å². The van der Waals surface area contributed by atoms with Crippen LogP contribution in [0.2, 0.25) is 0 Å². The molecule has 2 aromatic rings. The van der Waals surface area contributed by atoms with E-state index in [1.165, 1.54) is 12.1 Å². The number of primary amides is 1. The number of ether oxygens (including phenoxy) is 2. The van der Waals surface area contributed by atoms with Gasteiger partial charge in [0, 0.05) is 12.3 Å². The summed E-state index contributed by atoms with van der Waals surface area (Å²) in [5.41, 5.74) is 4.54. The Morgan fingerprint density at radius 2 is 1.81 bits per heavy atom. The molecule has 0 aliphatic rings. The largest absolute Gasteiger partial charge is 0.573 e. The van der Waals surface area contributed by atoms with Gasteiger partial charge in [-0.1, -0.05) is 6.07 Å². The third kappa shape index (κ3) is 5.36. The quantitative estimate of drug-likeness (QED) is 0.618. The summed E-state index contributed by atoms with van der Waals surface area (Å²) in [5, 5.41) is 0. The number of amides is 1. The van der Waals surface area contributed by atoms with Crippen LogP contribution in [0.5, 0.6) is 5.75 Å². The first kappa shape index (κ1) is 20.1.